The van der Waals surface area contributed by atoms with Crippen molar-refractivity contribution in [2.24, 2.45) is 0 Å². The average Bonchev–Trinajstić information content (AvgIpc) is 2.86. The summed E-state index contributed by atoms with van der Waals surface area (Å²) < 4.78 is 0. The normalized spacial score (nSPS) is 32.3. The number of thiophene rings is 1. The summed E-state index contributed by atoms with van der Waals surface area (Å²) >= 11 is 1.62. The van der Waals surface area contributed by atoms with Crippen LogP contribution in [0.15, 0.2) is 30.2 Å². The van der Waals surface area contributed by atoms with E-state index in [1.807, 2.05) is 24.4 Å². The quantitative estimate of drug-likeness (QED) is 0.809. The zero-order chi connectivity index (χ0) is 12.5. The highest BCUT2D eigenvalue weighted by molar-refractivity contribution is 7.10. The van der Waals surface area contributed by atoms with Crippen LogP contribution < -0.4 is 0 Å². The molecule has 0 radical (unpaired) electrons. The monoisotopic (exact) mass is 252 g/mol. The third kappa shape index (κ3) is 1.86. The van der Waals surface area contributed by atoms with Gasteiger partial charge in [-0.2, -0.15) is 0 Å². The molecule has 1 saturated carbocycles. The highest BCUT2D eigenvalue weighted by atomic mass is 32.1. The van der Waals surface area contributed by atoms with Crippen LogP contribution in [0.4, 0.5) is 0 Å². The molecule has 0 aliphatic heterocycles. The zero-order valence-corrected chi connectivity index (χ0v) is 11.0. The number of aliphatic hydroxyl groups is 2. The molecule has 1 fully saturated rings. The van der Waals surface area contributed by atoms with Gasteiger partial charge in [-0.3, -0.25) is 0 Å². The Morgan fingerprint density at radius 1 is 1.71 bits per heavy atom. The predicted molar refractivity (Wildman–Crippen MR) is 71.3 cm³/mol. The van der Waals surface area contributed by atoms with E-state index < -0.39 is 17.1 Å². The smallest absolute Gasteiger partial charge is 0.0782 e. The van der Waals surface area contributed by atoms with Crippen molar-refractivity contribution in [1.29, 1.82) is 0 Å². The van der Waals surface area contributed by atoms with Gasteiger partial charge in [0.1, 0.15) is 0 Å². The van der Waals surface area contributed by atoms with E-state index in [-0.39, 0.29) is 0 Å². The maximum Gasteiger partial charge on any atom is 0.0782 e. The number of hydrogen-bond acceptors (Lipinski definition) is 3. The fourth-order valence-corrected chi connectivity index (χ4v) is 4.29. The summed E-state index contributed by atoms with van der Waals surface area (Å²) in [5.41, 5.74) is -1.45. The molecule has 0 unspecified atom stereocenters. The Morgan fingerprint density at radius 3 is 2.94 bits per heavy atom. The lowest BCUT2D eigenvalue weighted by molar-refractivity contribution is -0.0677. The second-order valence-corrected chi connectivity index (χ2v) is 6.07. The van der Waals surface area contributed by atoms with Crippen molar-refractivity contribution in [3.05, 3.63) is 35.0 Å². The third-order valence-electron chi connectivity index (χ3n) is 4.08. The van der Waals surface area contributed by atoms with E-state index in [1.165, 1.54) is 0 Å². The lowest BCUT2D eigenvalue weighted by Gasteiger charge is -2.44. The van der Waals surface area contributed by atoms with Gasteiger partial charge in [0.05, 0.1) is 17.1 Å². The Labute approximate surface area is 107 Å². The van der Waals surface area contributed by atoms with Gasteiger partial charge in [0, 0.05) is 4.88 Å². The molecule has 1 aromatic rings. The minimum Gasteiger partial charge on any atom is -0.392 e. The first kappa shape index (κ1) is 12.8. The molecule has 17 heavy (non-hydrogen) atoms. The van der Waals surface area contributed by atoms with Gasteiger partial charge in [0.2, 0.25) is 0 Å². The molecular formula is C14H20O2S. The predicted octanol–water partition coefficient (Wildman–Crippen LogP) is 2.86. The second-order valence-electron chi connectivity index (χ2n) is 5.12. The van der Waals surface area contributed by atoms with Crippen molar-refractivity contribution in [1.82, 2.24) is 0 Å². The van der Waals surface area contributed by atoms with Crippen LogP contribution >= 0.6 is 11.3 Å². The van der Waals surface area contributed by atoms with Gasteiger partial charge in [0.25, 0.3) is 0 Å². The molecule has 3 heteroatoms. The van der Waals surface area contributed by atoms with E-state index in [1.54, 1.807) is 17.4 Å². The van der Waals surface area contributed by atoms with Crippen molar-refractivity contribution < 1.29 is 10.2 Å². The first-order valence-electron chi connectivity index (χ1n) is 6.10. The van der Waals surface area contributed by atoms with E-state index in [0.29, 0.717) is 6.42 Å². The fraction of sp³-hybridized carbons (Fsp3) is 0.571. The summed E-state index contributed by atoms with van der Waals surface area (Å²) in [5.74, 6) is 0. The number of aliphatic hydroxyl groups excluding tert-OH is 1. The molecule has 0 amide bonds. The van der Waals surface area contributed by atoms with Gasteiger partial charge in [-0.15, -0.1) is 17.9 Å². The first-order chi connectivity index (χ1) is 8.04. The SMILES string of the molecule is C=CC[C@@](C)(O)[C@]1(c2cccs2)CCC[C@@H]1O. The molecule has 1 aliphatic carbocycles. The van der Waals surface area contributed by atoms with Crippen LogP contribution in [0, 0.1) is 0 Å². The number of hydrogen-bond donors (Lipinski definition) is 2. The molecule has 0 saturated heterocycles. The van der Waals surface area contributed by atoms with Crippen LogP contribution in [0.3, 0.4) is 0 Å². The van der Waals surface area contributed by atoms with Crippen LogP contribution in [-0.4, -0.2) is 21.9 Å². The zero-order valence-electron chi connectivity index (χ0n) is 10.2. The van der Waals surface area contributed by atoms with E-state index >= 15 is 0 Å². The fourth-order valence-electron chi connectivity index (χ4n) is 3.16. The Hall–Kier alpha value is -0.640. The summed E-state index contributed by atoms with van der Waals surface area (Å²) in [5, 5.41) is 23.2. The van der Waals surface area contributed by atoms with Crippen molar-refractivity contribution in [2.45, 2.75) is 49.7 Å². The molecule has 2 rings (SSSR count). The summed E-state index contributed by atoms with van der Waals surface area (Å²) in [7, 11) is 0. The van der Waals surface area contributed by atoms with E-state index in [4.69, 9.17) is 0 Å². The second kappa shape index (κ2) is 4.56. The minimum atomic E-state index is -0.935. The molecule has 94 valence electrons. The van der Waals surface area contributed by atoms with Crippen LogP contribution in [0.1, 0.15) is 37.5 Å². The van der Waals surface area contributed by atoms with Crippen LogP contribution in [0.5, 0.6) is 0 Å². The van der Waals surface area contributed by atoms with Crippen LogP contribution in [0.25, 0.3) is 0 Å². The maximum absolute atomic E-state index is 10.8. The lowest BCUT2D eigenvalue weighted by atomic mass is 9.67. The van der Waals surface area contributed by atoms with Crippen molar-refractivity contribution in [3.63, 3.8) is 0 Å². The van der Waals surface area contributed by atoms with Gasteiger partial charge in [-0.25, -0.2) is 0 Å². The lowest BCUT2D eigenvalue weighted by Crippen LogP contribution is -2.53. The van der Waals surface area contributed by atoms with Crippen molar-refractivity contribution >= 4 is 11.3 Å². The summed E-state index contributed by atoms with van der Waals surface area (Å²) in [6, 6.07) is 4.01. The molecular weight excluding hydrogens is 232 g/mol. The van der Waals surface area contributed by atoms with E-state index in [0.717, 1.165) is 24.1 Å². The van der Waals surface area contributed by atoms with Crippen molar-refractivity contribution in [2.75, 3.05) is 0 Å². The van der Waals surface area contributed by atoms with Gasteiger partial charge in [0.15, 0.2) is 0 Å². The average molecular weight is 252 g/mol. The maximum atomic E-state index is 10.8. The standard InChI is InChI=1S/C14H20O2S/c1-3-8-13(2,16)14(9-4-6-11(14)15)12-7-5-10-17-12/h3,5,7,10-11,15-16H,1,4,6,8-9H2,2H3/t11-,13+,14+/m0/s1. The molecule has 2 N–H and O–H groups in total. The van der Waals surface area contributed by atoms with E-state index in [9.17, 15) is 10.2 Å². The minimum absolute atomic E-state index is 0.462. The molecule has 0 spiro atoms. The van der Waals surface area contributed by atoms with Gasteiger partial charge in [-0.1, -0.05) is 12.1 Å². The Balaban J connectivity index is 2.48. The molecule has 0 aromatic carbocycles. The first-order valence-corrected chi connectivity index (χ1v) is 6.98. The Kier molecular flexibility index (Phi) is 3.43. The van der Waals surface area contributed by atoms with E-state index in [2.05, 4.69) is 6.58 Å². The molecule has 3 atom stereocenters. The highest BCUT2D eigenvalue weighted by Crippen LogP contribution is 2.51. The van der Waals surface area contributed by atoms with Gasteiger partial charge >= 0.3 is 0 Å². The van der Waals surface area contributed by atoms with Crippen LogP contribution in [0.2, 0.25) is 0 Å². The van der Waals surface area contributed by atoms with Gasteiger partial charge < -0.3 is 10.2 Å². The van der Waals surface area contributed by atoms with Gasteiger partial charge in [-0.05, 0) is 44.1 Å². The third-order valence-corrected chi connectivity index (χ3v) is 5.13. The molecule has 1 heterocycles. The van der Waals surface area contributed by atoms with Crippen molar-refractivity contribution in [3.8, 4) is 0 Å². The summed E-state index contributed by atoms with van der Waals surface area (Å²) in [6.45, 7) is 5.54. The summed E-state index contributed by atoms with van der Waals surface area (Å²) in [4.78, 5) is 1.09. The van der Waals surface area contributed by atoms with Crippen LogP contribution in [-0.2, 0) is 5.41 Å². The largest absolute Gasteiger partial charge is 0.392 e. The summed E-state index contributed by atoms with van der Waals surface area (Å²) in [6.07, 6.45) is 4.35. The Bertz CT molecular complexity index is 383. The number of rotatable bonds is 4. The highest BCUT2D eigenvalue weighted by Gasteiger charge is 2.55. The molecule has 1 aliphatic rings. The molecule has 0 bridgehead atoms. The Morgan fingerprint density at radius 2 is 2.47 bits per heavy atom. The molecule has 1 aromatic heterocycles. The molecule has 2 nitrogen and oxygen atoms in total. The topological polar surface area (TPSA) is 40.5 Å².